The molecule has 4 nitrogen and oxygen atoms in total. The number of nitro benzene ring substituents is 1. The van der Waals surface area contributed by atoms with Gasteiger partial charge in [0.2, 0.25) is 0 Å². The lowest BCUT2D eigenvalue weighted by molar-refractivity contribution is -0.385. The van der Waals surface area contributed by atoms with E-state index in [4.69, 9.17) is 11.6 Å². The van der Waals surface area contributed by atoms with Gasteiger partial charge in [-0.3, -0.25) is 10.1 Å². The predicted octanol–water partition coefficient (Wildman–Crippen LogP) is 4.11. The van der Waals surface area contributed by atoms with E-state index in [0.717, 1.165) is 0 Å². The number of halogens is 4. The standard InChI is InChI=1S/C13H14ClF3N2O2/c14-8-9-7-11(1-2-12(9)19(20)21)18-5-3-10(4-6-18)13(15,16)17/h1-2,7,10H,3-6,8H2. The van der Waals surface area contributed by atoms with Crippen LogP contribution in [0.3, 0.4) is 0 Å². The summed E-state index contributed by atoms with van der Waals surface area (Å²) in [6.45, 7) is 0.563. The normalized spacial score (nSPS) is 17.0. The maximum absolute atomic E-state index is 12.6. The molecule has 0 bridgehead atoms. The van der Waals surface area contributed by atoms with E-state index in [2.05, 4.69) is 0 Å². The molecule has 1 fully saturated rings. The molecule has 1 aromatic rings. The third-order valence-electron chi connectivity index (χ3n) is 3.73. The first-order valence-electron chi connectivity index (χ1n) is 6.48. The molecule has 0 saturated carbocycles. The molecule has 2 rings (SSSR count). The summed E-state index contributed by atoms with van der Waals surface area (Å²) in [6, 6.07) is 4.49. The highest BCUT2D eigenvalue weighted by Gasteiger charge is 2.41. The highest BCUT2D eigenvalue weighted by Crippen LogP contribution is 2.36. The molecule has 1 heterocycles. The van der Waals surface area contributed by atoms with Crippen molar-refractivity contribution in [3.05, 3.63) is 33.9 Å². The van der Waals surface area contributed by atoms with Crippen molar-refractivity contribution in [1.82, 2.24) is 0 Å². The zero-order chi connectivity index (χ0) is 15.6. The van der Waals surface area contributed by atoms with Crippen molar-refractivity contribution in [2.24, 2.45) is 5.92 Å². The van der Waals surface area contributed by atoms with E-state index >= 15 is 0 Å². The summed E-state index contributed by atoms with van der Waals surface area (Å²) in [4.78, 5) is 12.1. The van der Waals surface area contributed by atoms with Crippen molar-refractivity contribution >= 4 is 23.0 Å². The molecule has 8 heteroatoms. The molecule has 1 aromatic carbocycles. The fourth-order valence-corrected chi connectivity index (χ4v) is 2.73. The average molecular weight is 323 g/mol. The molecule has 21 heavy (non-hydrogen) atoms. The molecule has 0 aromatic heterocycles. The van der Waals surface area contributed by atoms with E-state index in [9.17, 15) is 23.3 Å². The summed E-state index contributed by atoms with van der Waals surface area (Å²) in [5, 5.41) is 10.8. The van der Waals surface area contributed by atoms with Crippen LogP contribution in [0.15, 0.2) is 18.2 Å². The van der Waals surface area contributed by atoms with Gasteiger partial charge in [-0.15, -0.1) is 11.6 Å². The van der Waals surface area contributed by atoms with Crippen LogP contribution in [0.25, 0.3) is 0 Å². The van der Waals surface area contributed by atoms with E-state index < -0.39 is 17.0 Å². The monoisotopic (exact) mass is 322 g/mol. The first kappa shape index (κ1) is 15.9. The lowest BCUT2D eigenvalue weighted by atomic mass is 9.96. The van der Waals surface area contributed by atoms with Crippen LogP contribution in [0.5, 0.6) is 0 Å². The molecule has 0 amide bonds. The minimum atomic E-state index is -4.15. The minimum Gasteiger partial charge on any atom is -0.371 e. The molecular formula is C13H14ClF3N2O2. The fourth-order valence-electron chi connectivity index (χ4n) is 2.52. The van der Waals surface area contributed by atoms with Crippen molar-refractivity contribution in [3.63, 3.8) is 0 Å². The number of hydrogen-bond acceptors (Lipinski definition) is 3. The Morgan fingerprint density at radius 1 is 1.33 bits per heavy atom. The molecule has 0 spiro atoms. The Labute approximate surface area is 124 Å². The van der Waals surface area contributed by atoms with Crippen LogP contribution in [0, 0.1) is 16.0 Å². The van der Waals surface area contributed by atoms with Crippen LogP contribution in [0.4, 0.5) is 24.5 Å². The van der Waals surface area contributed by atoms with Gasteiger partial charge in [-0.25, -0.2) is 0 Å². The minimum absolute atomic E-state index is 0.0107. The van der Waals surface area contributed by atoms with E-state index in [0.29, 0.717) is 11.3 Å². The molecule has 1 aliphatic rings. The Kier molecular flexibility index (Phi) is 4.61. The zero-order valence-electron chi connectivity index (χ0n) is 11.1. The Morgan fingerprint density at radius 3 is 2.43 bits per heavy atom. The number of anilines is 1. The average Bonchev–Trinajstić information content (AvgIpc) is 2.45. The third-order valence-corrected chi connectivity index (χ3v) is 4.01. The Bertz CT molecular complexity index is 529. The number of piperidine rings is 1. The fraction of sp³-hybridized carbons (Fsp3) is 0.538. The molecule has 0 N–H and O–H groups in total. The molecule has 116 valence electrons. The summed E-state index contributed by atoms with van der Waals surface area (Å²) in [7, 11) is 0. The van der Waals surface area contributed by atoms with Gasteiger partial charge in [-0.05, 0) is 25.0 Å². The number of nitro groups is 1. The first-order valence-corrected chi connectivity index (χ1v) is 7.01. The Hall–Kier alpha value is -1.50. The number of nitrogens with zero attached hydrogens (tertiary/aromatic N) is 2. The maximum Gasteiger partial charge on any atom is 0.391 e. The van der Waals surface area contributed by atoms with E-state index in [-0.39, 0.29) is 37.5 Å². The summed E-state index contributed by atoms with van der Waals surface area (Å²) < 4.78 is 37.9. The van der Waals surface area contributed by atoms with Crippen LogP contribution >= 0.6 is 11.6 Å². The second kappa shape index (κ2) is 6.09. The Morgan fingerprint density at radius 2 is 1.95 bits per heavy atom. The van der Waals surface area contributed by atoms with E-state index in [1.807, 2.05) is 4.90 Å². The molecular weight excluding hydrogens is 309 g/mol. The topological polar surface area (TPSA) is 46.4 Å². The SMILES string of the molecule is O=[N+]([O-])c1ccc(N2CCC(C(F)(F)F)CC2)cc1CCl. The van der Waals surface area contributed by atoms with Crippen molar-refractivity contribution in [2.45, 2.75) is 24.9 Å². The number of hydrogen-bond donors (Lipinski definition) is 0. The van der Waals surface area contributed by atoms with Gasteiger partial charge >= 0.3 is 6.18 Å². The number of alkyl halides is 4. The van der Waals surface area contributed by atoms with Gasteiger partial charge in [0.25, 0.3) is 5.69 Å². The number of benzene rings is 1. The highest BCUT2D eigenvalue weighted by molar-refractivity contribution is 6.17. The van der Waals surface area contributed by atoms with Gasteiger partial charge in [0.05, 0.1) is 16.7 Å². The zero-order valence-corrected chi connectivity index (χ0v) is 11.8. The van der Waals surface area contributed by atoms with Gasteiger partial charge in [-0.1, -0.05) is 0 Å². The number of rotatable bonds is 3. The van der Waals surface area contributed by atoms with Gasteiger partial charge in [0, 0.05) is 30.4 Å². The van der Waals surface area contributed by atoms with Crippen molar-refractivity contribution < 1.29 is 18.1 Å². The molecule has 1 saturated heterocycles. The lowest BCUT2D eigenvalue weighted by Gasteiger charge is -2.34. The van der Waals surface area contributed by atoms with Gasteiger partial charge in [0.1, 0.15) is 0 Å². The van der Waals surface area contributed by atoms with Crippen LogP contribution in [-0.2, 0) is 5.88 Å². The van der Waals surface area contributed by atoms with Gasteiger partial charge in [0.15, 0.2) is 0 Å². The van der Waals surface area contributed by atoms with E-state index in [1.54, 1.807) is 12.1 Å². The predicted molar refractivity (Wildman–Crippen MR) is 73.6 cm³/mol. The molecule has 0 radical (unpaired) electrons. The van der Waals surface area contributed by atoms with Crippen LogP contribution < -0.4 is 4.90 Å². The van der Waals surface area contributed by atoms with Crippen molar-refractivity contribution in [1.29, 1.82) is 0 Å². The van der Waals surface area contributed by atoms with Gasteiger partial charge in [-0.2, -0.15) is 13.2 Å². The van der Waals surface area contributed by atoms with Crippen molar-refractivity contribution in [3.8, 4) is 0 Å². The van der Waals surface area contributed by atoms with Crippen LogP contribution in [0.2, 0.25) is 0 Å². The second-order valence-electron chi connectivity index (χ2n) is 5.01. The van der Waals surface area contributed by atoms with E-state index in [1.165, 1.54) is 6.07 Å². The maximum atomic E-state index is 12.6. The lowest BCUT2D eigenvalue weighted by Crippen LogP contribution is -2.39. The Balaban J connectivity index is 2.12. The highest BCUT2D eigenvalue weighted by atomic mass is 35.5. The van der Waals surface area contributed by atoms with Crippen molar-refractivity contribution in [2.75, 3.05) is 18.0 Å². The van der Waals surface area contributed by atoms with Gasteiger partial charge < -0.3 is 4.90 Å². The van der Waals surface area contributed by atoms with Crippen LogP contribution in [0.1, 0.15) is 18.4 Å². The molecule has 0 atom stereocenters. The largest absolute Gasteiger partial charge is 0.391 e. The summed E-state index contributed by atoms with van der Waals surface area (Å²) >= 11 is 5.70. The quantitative estimate of drug-likeness (QED) is 0.478. The molecule has 0 unspecified atom stereocenters. The molecule has 0 aliphatic carbocycles. The second-order valence-corrected chi connectivity index (χ2v) is 5.27. The summed E-state index contributed by atoms with van der Waals surface area (Å²) in [5.41, 5.74) is 0.980. The first-order chi connectivity index (χ1) is 9.82. The summed E-state index contributed by atoms with van der Waals surface area (Å²) in [5.74, 6) is -1.28. The van der Waals surface area contributed by atoms with Crippen LogP contribution in [-0.4, -0.2) is 24.2 Å². The third kappa shape index (κ3) is 3.58. The smallest absolute Gasteiger partial charge is 0.371 e. The molecule has 1 aliphatic heterocycles. The summed E-state index contributed by atoms with van der Waals surface area (Å²) in [6.07, 6.45) is -4.07.